The maximum atomic E-state index is 13.4. The van der Waals surface area contributed by atoms with Gasteiger partial charge in [0, 0.05) is 36.8 Å². The van der Waals surface area contributed by atoms with E-state index in [0.717, 1.165) is 43.9 Å². The van der Waals surface area contributed by atoms with Crippen LogP contribution in [0.15, 0.2) is 77.2 Å². The van der Waals surface area contributed by atoms with E-state index in [2.05, 4.69) is 39.6 Å². The van der Waals surface area contributed by atoms with E-state index in [0.29, 0.717) is 22.2 Å². The van der Waals surface area contributed by atoms with Gasteiger partial charge in [-0.15, -0.1) is 0 Å². The molecule has 1 fully saturated rings. The number of aryl methyl sites for hydroxylation is 1. The van der Waals surface area contributed by atoms with E-state index in [-0.39, 0.29) is 11.9 Å². The number of halogens is 1. The normalized spacial score (nSPS) is 14.9. The Morgan fingerprint density at radius 1 is 1.06 bits per heavy atom. The van der Waals surface area contributed by atoms with Crippen LogP contribution in [0.2, 0.25) is 5.02 Å². The van der Waals surface area contributed by atoms with Gasteiger partial charge in [-0.05, 0) is 55.7 Å². The lowest BCUT2D eigenvalue weighted by Crippen LogP contribution is -2.44. The molecule has 34 heavy (non-hydrogen) atoms. The summed E-state index contributed by atoms with van der Waals surface area (Å²) in [5, 5.41) is 8.48. The van der Waals surface area contributed by atoms with Crippen molar-refractivity contribution in [1.82, 2.24) is 20.0 Å². The Morgan fingerprint density at radius 2 is 1.85 bits per heavy atom. The predicted molar refractivity (Wildman–Crippen MR) is 133 cm³/mol. The van der Waals surface area contributed by atoms with E-state index in [4.69, 9.17) is 16.0 Å². The summed E-state index contributed by atoms with van der Waals surface area (Å²) in [6, 6.07) is 23.5. The number of aromatic nitrogens is 2. The monoisotopic (exact) mass is 474 g/mol. The van der Waals surface area contributed by atoms with Crippen molar-refractivity contribution in [2.45, 2.75) is 32.4 Å². The molecule has 1 N–H and O–H groups in total. The molecule has 2 aromatic carbocycles. The molecule has 2 aromatic heterocycles. The van der Waals surface area contributed by atoms with Gasteiger partial charge in [-0.1, -0.05) is 48.0 Å². The Balaban J connectivity index is 1.31. The third kappa shape index (κ3) is 5.08. The number of nitrogens with one attached hydrogen (secondary N) is 1. The van der Waals surface area contributed by atoms with Gasteiger partial charge in [0.1, 0.15) is 17.1 Å². The summed E-state index contributed by atoms with van der Waals surface area (Å²) in [5.41, 5.74) is 3.11. The lowest BCUT2D eigenvalue weighted by atomic mass is 10.0. The third-order valence-electron chi connectivity index (χ3n) is 6.16. The first-order chi connectivity index (χ1) is 16.5. The van der Waals surface area contributed by atoms with Gasteiger partial charge < -0.3 is 9.73 Å². The number of amides is 1. The van der Waals surface area contributed by atoms with Crippen molar-refractivity contribution in [1.29, 1.82) is 0 Å². The number of nitrogens with zero attached hydrogens (tertiary/aromatic N) is 3. The van der Waals surface area contributed by atoms with Crippen LogP contribution in [0, 0.1) is 6.92 Å². The van der Waals surface area contributed by atoms with Crippen LogP contribution in [0.4, 0.5) is 0 Å². The van der Waals surface area contributed by atoms with Crippen LogP contribution in [-0.4, -0.2) is 39.7 Å². The Kier molecular flexibility index (Phi) is 6.52. The van der Waals surface area contributed by atoms with Crippen LogP contribution < -0.4 is 5.32 Å². The molecule has 0 saturated carbocycles. The minimum Gasteiger partial charge on any atom is -0.460 e. The first-order valence-corrected chi connectivity index (χ1v) is 11.9. The van der Waals surface area contributed by atoms with Crippen molar-refractivity contribution >= 4 is 17.5 Å². The molecule has 1 amide bonds. The molecule has 174 valence electrons. The second-order valence-corrected chi connectivity index (χ2v) is 9.16. The van der Waals surface area contributed by atoms with Crippen LogP contribution in [0.25, 0.3) is 17.1 Å². The molecule has 6 nitrogen and oxygen atoms in total. The fourth-order valence-electron chi connectivity index (χ4n) is 4.38. The molecule has 0 atom stereocenters. The van der Waals surface area contributed by atoms with E-state index < -0.39 is 0 Å². The summed E-state index contributed by atoms with van der Waals surface area (Å²) in [7, 11) is 0. The van der Waals surface area contributed by atoms with E-state index in [9.17, 15) is 4.79 Å². The van der Waals surface area contributed by atoms with Gasteiger partial charge in [0.05, 0.1) is 5.69 Å². The number of likely N-dealkylation sites (tertiary alicyclic amines) is 1. The highest BCUT2D eigenvalue weighted by Gasteiger charge is 2.24. The van der Waals surface area contributed by atoms with Crippen molar-refractivity contribution in [2.24, 2.45) is 0 Å². The number of furan rings is 1. The van der Waals surface area contributed by atoms with E-state index in [1.165, 1.54) is 5.56 Å². The van der Waals surface area contributed by atoms with E-state index in [1.54, 1.807) is 22.9 Å². The number of piperidine rings is 1. The Labute approximate surface area is 204 Å². The third-order valence-corrected chi connectivity index (χ3v) is 6.39. The first kappa shape index (κ1) is 22.4. The smallest absolute Gasteiger partial charge is 0.270 e. The molecule has 3 heterocycles. The van der Waals surface area contributed by atoms with Gasteiger partial charge in [0.2, 0.25) is 0 Å². The molecule has 1 aliphatic heterocycles. The summed E-state index contributed by atoms with van der Waals surface area (Å²) in [4.78, 5) is 15.8. The average molecular weight is 475 g/mol. The highest BCUT2D eigenvalue weighted by molar-refractivity contribution is 6.30. The lowest BCUT2D eigenvalue weighted by Gasteiger charge is -2.32. The van der Waals surface area contributed by atoms with Gasteiger partial charge >= 0.3 is 0 Å². The summed E-state index contributed by atoms with van der Waals surface area (Å²) < 4.78 is 7.39. The molecule has 0 spiro atoms. The highest BCUT2D eigenvalue weighted by Crippen LogP contribution is 2.25. The molecule has 4 aromatic rings. The standard InChI is InChI=1S/C27H27ClN4O2/c1-19-10-11-26(34-19)24-17-25(32(30-24)23-9-5-8-21(28)16-23)27(33)29-22-12-14-31(15-13-22)18-20-6-3-2-4-7-20/h2-11,16-17,22H,12-15,18H2,1H3,(H,29,33). The molecule has 0 bridgehead atoms. The summed E-state index contributed by atoms with van der Waals surface area (Å²) in [5.74, 6) is 1.27. The fraction of sp³-hybridized carbons (Fsp3) is 0.259. The molecule has 1 aliphatic rings. The lowest BCUT2D eigenvalue weighted by molar-refractivity contribution is 0.0901. The van der Waals surface area contributed by atoms with Crippen LogP contribution in [0.3, 0.4) is 0 Å². The van der Waals surface area contributed by atoms with Crippen LogP contribution >= 0.6 is 11.6 Å². The van der Waals surface area contributed by atoms with E-state index >= 15 is 0 Å². The number of hydrogen-bond donors (Lipinski definition) is 1. The Hall–Kier alpha value is -3.35. The molecule has 1 saturated heterocycles. The number of carbonyl (C=O) groups is 1. The minimum absolute atomic E-state index is 0.122. The number of benzene rings is 2. The number of hydrogen-bond acceptors (Lipinski definition) is 4. The fourth-order valence-corrected chi connectivity index (χ4v) is 4.56. The summed E-state index contributed by atoms with van der Waals surface area (Å²) >= 11 is 6.22. The Bertz CT molecular complexity index is 1270. The zero-order chi connectivity index (χ0) is 23.5. The maximum absolute atomic E-state index is 13.4. The molecule has 7 heteroatoms. The molecule has 0 radical (unpaired) electrons. The molecule has 0 unspecified atom stereocenters. The van der Waals surface area contributed by atoms with Crippen molar-refractivity contribution in [3.63, 3.8) is 0 Å². The van der Waals surface area contributed by atoms with Gasteiger partial charge in [-0.3, -0.25) is 9.69 Å². The highest BCUT2D eigenvalue weighted by atomic mass is 35.5. The van der Waals surface area contributed by atoms with Crippen molar-refractivity contribution in [3.8, 4) is 17.1 Å². The first-order valence-electron chi connectivity index (χ1n) is 11.5. The quantitative estimate of drug-likeness (QED) is 0.401. The van der Waals surface area contributed by atoms with Gasteiger partial charge in [-0.2, -0.15) is 5.10 Å². The van der Waals surface area contributed by atoms with Crippen LogP contribution in [0.5, 0.6) is 0 Å². The summed E-state index contributed by atoms with van der Waals surface area (Å²) in [6.45, 7) is 4.72. The van der Waals surface area contributed by atoms with Gasteiger partial charge in [-0.25, -0.2) is 4.68 Å². The average Bonchev–Trinajstić information content (AvgIpc) is 3.48. The minimum atomic E-state index is -0.150. The van der Waals surface area contributed by atoms with Crippen molar-refractivity contribution in [2.75, 3.05) is 13.1 Å². The van der Waals surface area contributed by atoms with E-state index in [1.807, 2.05) is 37.3 Å². The molecular formula is C27H27ClN4O2. The van der Waals surface area contributed by atoms with Crippen LogP contribution in [-0.2, 0) is 6.54 Å². The second-order valence-electron chi connectivity index (χ2n) is 8.73. The van der Waals surface area contributed by atoms with Crippen molar-refractivity contribution < 1.29 is 9.21 Å². The van der Waals surface area contributed by atoms with Crippen molar-refractivity contribution in [3.05, 3.63) is 94.8 Å². The zero-order valence-electron chi connectivity index (χ0n) is 19.1. The molecular weight excluding hydrogens is 448 g/mol. The topological polar surface area (TPSA) is 63.3 Å². The van der Waals surface area contributed by atoms with Crippen LogP contribution in [0.1, 0.15) is 34.7 Å². The predicted octanol–water partition coefficient (Wildman–Crippen LogP) is 5.49. The zero-order valence-corrected chi connectivity index (χ0v) is 19.8. The van der Waals surface area contributed by atoms with Gasteiger partial charge in [0.25, 0.3) is 5.91 Å². The molecule has 0 aliphatic carbocycles. The molecule has 5 rings (SSSR count). The number of carbonyl (C=O) groups excluding carboxylic acids is 1. The SMILES string of the molecule is Cc1ccc(-c2cc(C(=O)NC3CCN(Cc4ccccc4)CC3)n(-c3cccc(Cl)c3)n2)o1. The van der Waals surface area contributed by atoms with Gasteiger partial charge in [0.15, 0.2) is 5.76 Å². The summed E-state index contributed by atoms with van der Waals surface area (Å²) in [6.07, 6.45) is 1.82. The maximum Gasteiger partial charge on any atom is 0.270 e. The number of rotatable bonds is 6. The second kappa shape index (κ2) is 9.87. The largest absolute Gasteiger partial charge is 0.460 e. The Morgan fingerprint density at radius 3 is 2.56 bits per heavy atom.